The predicted molar refractivity (Wildman–Crippen MR) is 90.0 cm³/mol. The quantitative estimate of drug-likeness (QED) is 0.883. The standard InChI is InChI=1S/C18H20BrNO/c1-12(13-6-4-3-5-7-13)17(20-2)16-11-15(19)10-14-8-9-21-18(14)16/h3-7,10-12,17,20H,8-9H2,1-2H3. The van der Waals surface area contributed by atoms with E-state index in [1.807, 2.05) is 7.05 Å². The average molecular weight is 346 g/mol. The summed E-state index contributed by atoms with van der Waals surface area (Å²) in [7, 11) is 2.02. The van der Waals surface area contributed by atoms with Crippen molar-refractivity contribution in [3.8, 4) is 5.75 Å². The van der Waals surface area contributed by atoms with Gasteiger partial charge in [0.05, 0.1) is 6.61 Å². The third-order valence-electron chi connectivity index (χ3n) is 4.25. The van der Waals surface area contributed by atoms with Crippen LogP contribution in [0.4, 0.5) is 0 Å². The zero-order valence-electron chi connectivity index (χ0n) is 12.4. The number of nitrogens with one attached hydrogen (secondary N) is 1. The molecular weight excluding hydrogens is 326 g/mol. The minimum atomic E-state index is 0.233. The van der Waals surface area contributed by atoms with Crippen LogP contribution in [-0.2, 0) is 6.42 Å². The molecule has 0 spiro atoms. The van der Waals surface area contributed by atoms with Crippen LogP contribution in [0.5, 0.6) is 5.75 Å². The molecule has 1 N–H and O–H groups in total. The van der Waals surface area contributed by atoms with Crippen molar-refractivity contribution in [2.24, 2.45) is 0 Å². The second-order valence-electron chi connectivity index (χ2n) is 5.55. The molecule has 0 bridgehead atoms. The summed E-state index contributed by atoms with van der Waals surface area (Å²) in [5, 5.41) is 3.47. The second kappa shape index (κ2) is 6.20. The highest BCUT2D eigenvalue weighted by atomic mass is 79.9. The summed E-state index contributed by atoms with van der Waals surface area (Å²) in [5.74, 6) is 1.44. The monoisotopic (exact) mass is 345 g/mol. The van der Waals surface area contributed by atoms with Gasteiger partial charge in [-0.25, -0.2) is 0 Å². The Morgan fingerprint density at radius 1 is 1.19 bits per heavy atom. The zero-order valence-corrected chi connectivity index (χ0v) is 14.0. The molecule has 0 amide bonds. The molecule has 2 aromatic rings. The molecule has 0 aromatic heterocycles. The smallest absolute Gasteiger partial charge is 0.127 e. The molecule has 3 rings (SSSR count). The highest BCUT2D eigenvalue weighted by molar-refractivity contribution is 9.10. The van der Waals surface area contributed by atoms with E-state index < -0.39 is 0 Å². The van der Waals surface area contributed by atoms with Gasteiger partial charge in [-0.05, 0) is 30.3 Å². The van der Waals surface area contributed by atoms with E-state index in [0.29, 0.717) is 5.92 Å². The van der Waals surface area contributed by atoms with E-state index >= 15 is 0 Å². The number of benzene rings is 2. The lowest BCUT2D eigenvalue weighted by atomic mass is 9.87. The minimum Gasteiger partial charge on any atom is -0.493 e. The van der Waals surface area contributed by atoms with Gasteiger partial charge in [-0.3, -0.25) is 0 Å². The second-order valence-corrected chi connectivity index (χ2v) is 6.46. The van der Waals surface area contributed by atoms with Crippen molar-refractivity contribution in [1.82, 2.24) is 5.32 Å². The van der Waals surface area contributed by atoms with Crippen LogP contribution in [0.2, 0.25) is 0 Å². The van der Waals surface area contributed by atoms with E-state index in [9.17, 15) is 0 Å². The molecular formula is C18H20BrNO. The fourth-order valence-electron chi connectivity index (χ4n) is 3.15. The van der Waals surface area contributed by atoms with Crippen molar-refractivity contribution in [3.05, 3.63) is 63.6 Å². The number of hydrogen-bond donors (Lipinski definition) is 1. The molecule has 1 heterocycles. The van der Waals surface area contributed by atoms with Gasteiger partial charge in [0, 0.05) is 28.4 Å². The Labute approximate surface area is 134 Å². The summed E-state index contributed by atoms with van der Waals surface area (Å²) < 4.78 is 7.02. The molecule has 2 unspecified atom stereocenters. The minimum absolute atomic E-state index is 0.233. The molecule has 2 aromatic carbocycles. The van der Waals surface area contributed by atoms with E-state index in [4.69, 9.17) is 4.74 Å². The van der Waals surface area contributed by atoms with Gasteiger partial charge >= 0.3 is 0 Å². The number of halogens is 1. The summed E-state index contributed by atoms with van der Waals surface area (Å²) in [6.07, 6.45) is 0.998. The van der Waals surface area contributed by atoms with Gasteiger partial charge in [0.15, 0.2) is 0 Å². The SMILES string of the molecule is CNC(c1cc(Br)cc2c1OCC2)C(C)c1ccccc1. The van der Waals surface area contributed by atoms with Crippen LogP contribution >= 0.6 is 15.9 Å². The van der Waals surface area contributed by atoms with Crippen LogP contribution in [0, 0.1) is 0 Å². The Bertz CT molecular complexity index is 627. The molecule has 0 saturated carbocycles. The molecule has 2 nitrogen and oxygen atoms in total. The summed E-state index contributed by atoms with van der Waals surface area (Å²) in [5.41, 5.74) is 3.89. The number of likely N-dealkylation sites (N-methyl/N-ethyl adjacent to an activating group) is 1. The van der Waals surface area contributed by atoms with Crippen molar-refractivity contribution < 1.29 is 4.74 Å². The molecule has 0 aliphatic carbocycles. The van der Waals surface area contributed by atoms with Gasteiger partial charge in [-0.1, -0.05) is 53.2 Å². The molecule has 0 saturated heterocycles. The lowest BCUT2D eigenvalue weighted by molar-refractivity contribution is 0.346. The number of fused-ring (bicyclic) bond motifs is 1. The Balaban J connectivity index is 2.01. The average Bonchev–Trinajstić information content (AvgIpc) is 2.96. The fourth-order valence-corrected chi connectivity index (χ4v) is 3.68. The van der Waals surface area contributed by atoms with Gasteiger partial charge in [0.25, 0.3) is 0 Å². The lowest BCUT2D eigenvalue weighted by Crippen LogP contribution is -2.23. The third-order valence-corrected chi connectivity index (χ3v) is 4.71. The fraction of sp³-hybridized carbons (Fsp3) is 0.333. The molecule has 2 atom stereocenters. The van der Waals surface area contributed by atoms with Crippen LogP contribution in [0.25, 0.3) is 0 Å². The van der Waals surface area contributed by atoms with Crippen LogP contribution in [0.1, 0.15) is 35.6 Å². The third kappa shape index (κ3) is 2.85. The van der Waals surface area contributed by atoms with Crippen molar-refractivity contribution in [2.45, 2.75) is 25.3 Å². The van der Waals surface area contributed by atoms with Crippen LogP contribution in [0.3, 0.4) is 0 Å². The first kappa shape index (κ1) is 14.6. The topological polar surface area (TPSA) is 21.3 Å². The maximum Gasteiger partial charge on any atom is 0.127 e. The van der Waals surface area contributed by atoms with Crippen LogP contribution < -0.4 is 10.1 Å². The summed E-state index contributed by atoms with van der Waals surface area (Å²) in [6.45, 7) is 3.05. The normalized spacial score (nSPS) is 16.1. The van der Waals surface area contributed by atoms with Gasteiger partial charge in [0.2, 0.25) is 0 Å². The summed E-state index contributed by atoms with van der Waals surface area (Å²) in [6, 6.07) is 15.2. The molecule has 3 heteroatoms. The van der Waals surface area contributed by atoms with Crippen molar-refractivity contribution in [1.29, 1.82) is 0 Å². The van der Waals surface area contributed by atoms with Gasteiger partial charge in [-0.15, -0.1) is 0 Å². The van der Waals surface area contributed by atoms with Crippen LogP contribution in [-0.4, -0.2) is 13.7 Å². The molecule has 1 aliphatic rings. The van der Waals surface area contributed by atoms with E-state index in [1.165, 1.54) is 16.7 Å². The highest BCUT2D eigenvalue weighted by Gasteiger charge is 2.26. The van der Waals surface area contributed by atoms with Gasteiger partial charge < -0.3 is 10.1 Å². The molecule has 1 aliphatic heterocycles. The molecule has 110 valence electrons. The molecule has 0 radical (unpaired) electrons. The number of ether oxygens (including phenoxy) is 1. The van der Waals surface area contributed by atoms with E-state index in [0.717, 1.165) is 23.2 Å². The van der Waals surface area contributed by atoms with E-state index in [-0.39, 0.29) is 6.04 Å². The zero-order chi connectivity index (χ0) is 14.8. The Kier molecular flexibility index (Phi) is 4.32. The Morgan fingerprint density at radius 2 is 1.95 bits per heavy atom. The van der Waals surface area contributed by atoms with Gasteiger partial charge in [0.1, 0.15) is 5.75 Å². The summed E-state index contributed by atoms with van der Waals surface area (Å²) >= 11 is 3.64. The molecule has 0 fully saturated rings. The maximum atomic E-state index is 5.89. The number of rotatable bonds is 4. The van der Waals surface area contributed by atoms with Crippen molar-refractivity contribution >= 4 is 15.9 Å². The summed E-state index contributed by atoms with van der Waals surface area (Å²) in [4.78, 5) is 0. The predicted octanol–water partition coefficient (Wildman–Crippen LogP) is 4.45. The first-order valence-corrected chi connectivity index (χ1v) is 8.17. The van der Waals surface area contributed by atoms with E-state index in [1.54, 1.807) is 0 Å². The largest absolute Gasteiger partial charge is 0.493 e. The Hall–Kier alpha value is -1.32. The highest BCUT2D eigenvalue weighted by Crippen LogP contribution is 2.41. The van der Waals surface area contributed by atoms with Crippen molar-refractivity contribution in [2.75, 3.05) is 13.7 Å². The first-order valence-electron chi connectivity index (χ1n) is 7.38. The lowest BCUT2D eigenvalue weighted by Gasteiger charge is -2.26. The Morgan fingerprint density at radius 3 is 2.67 bits per heavy atom. The first-order chi connectivity index (χ1) is 10.2. The van der Waals surface area contributed by atoms with Crippen LogP contribution in [0.15, 0.2) is 46.9 Å². The number of hydrogen-bond acceptors (Lipinski definition) is 2. The van der Waals surface area contributed by atoms with Gasteiger partial charge in [-0.2, -0.15) is 0 Å². The maximum absolute atomic E-state index is 5.89. The van der Waals surface area contributed by atoms with Crippen molar-refractivity contribution in [3.63, 3.8) is 0 Å². The molecule has 21 heavy (non-hydrogen) atoms. The van der Waals surface area contributed by atoms with E-state index in [2.05, 4.69) is 70.6 Å².